The van der Waals surface area contributed by atoms with Crippen molar-refractivity contribution >= 4 is 22.2 Å². The van der Waals surface area contributed by atoms with Crippen molar-refractivity contribution in [3.05, 3.63) is 10.4 Å². The molecular formula is C5H11ClN4O2S. The Balaban J connectivity index is 0.00000144. The van der Waals surface area contributed by atoms with E-state index in [0.717, 1.165) is 6.26 Å². The molecule has 13 heavy (non-hydrogen) atoms. The first-order valence-electron chi connectivity index (χ1n) is 3.49. The summed E-state index contributed by atoms with van der Waals surface area (Å²) in [6.45, 7) is 0.824. The fourth-order valence-corrected chi connectivity index (χ4v) is 2.40. The van der Waals surface area contributed by atoms with Gasteiger partial charge in [-0.25, -0.2) is 8.42 Å². The molecule has 0 spiro atoms. The number of halogens is 1. The summed E-state index contributed by atoms with van der Waals surface area (Å²) in [5.74, 6) is 0. The summed E-state index contributed by atoms with van der Waals surface area (Å²) in [4.78, 5) is 2.60. The van der Waals surface area contributed by atoms with Crippen LogP contribution >= 0.6 is 12.4 Å². The maximum Gasteiger partial charge on any atom is 0.152 e. The lowest BCUT2D eigenvalue weighted by atomic mass is 10.3. The van der Waals surface area contributed by atoms with Gasteiger partial charge in [-0.3, -0.25) is 0 Å². The van der Waals surface area contributed by atoms with Crippen molar-refractivity contribution < 1.29 is 8.42 Å². The van der Waals surface area contributed by atoms with Crippen LogP contribution in [0.25, 0.3) is 10.4 Å². The predicted molar refractivity (Wildman–Crippen MR) is 51.7 cm³/mol. The van der Waals surface area contributed by atoms with Crippen molar-refractivity contribution in [1.29, 1.82) is 0 Å². The Hall–Kier alpha value is -0.490. The maximum atomic E-state index is 11.1. The molecule has 1 saturated heterocycles. The molecular weight excluding hydrogens is 216 g/mol. The molecule has 0 aliphatic carbocycles. The molecule has 0 unspecified atom stereocenters. The molecule has 76 valence electrons. The van der Waals surface area contributed by atoms with Crippen molar-refractivity contribution in [3.63, 3.8) is 0 Å². The number of hydrogen-bond donors (Lipinski definition) is 1. The van der Waals surface area contributed by atoms with Crippen molar-refractivity contribution in [3.8, 4) is 0 Å². The Morgan fingerprint density at radius 3 is 2.62 bits per heavy atom. The first-order chi connectivity index (χ1) is 5.55. The average molecular weight is 227 g/mol. The Kier molecular flexibility index (Phi) is 4.49. The van der Waals surface area contributed by atoms with E-state index in [1.165, 1.54) is 0 Å². The lowest BCUT2D eigenvalue weighted by molar-refractivity contribution is 0.580. The summed E-state index contributed by atoms with van der Waals surface area (Å²) in [5, 5.41) is 5.72. The smallest absolute Gasteiger partial charge is 0.152 e. The summed E-state index contributed by atoms with van der Waals surface area (Å²) in [6, 6.07) is -0.454. The molecule has 0 saturated carbocycles. The molecule has 1 heterocycles. The second-order valence-corrected chi connectivity index (χ2v) is 5.06. The Labute approximate surface area is 82.7 Å². The minimum Gasteiger partial charge on any atom is -0.315 e. The van der Waals surface area contributed by atoms with E-state index in [1.807, 2.05) is 0 Å². The van der Waals surface area contributed by atoms with Gasteiger partial charge in [-0.15, -0.1) is 12.4 Å². The van der Waals surface area contributed by atoms with E-state index in [9.17, 15) is 8.42 Å². The topological polar surface area (TPSA) is 94.9 Å². The number of rotatable bonds is 2. The van der Waals surface area contributed by atoms with Gasteiger partial charge < -0.3 is 5.32 Å². The lowest BCUT2D eigenvalue weighted by Gasteiger charge is -2.10. The van der Waals surface area contributed by atoms with Crippen molar-refractivity contribution in [2.45, 2.75) is 11.3 Å². The SMILES string of the molecule is CS(=O)(=O)[C@@H]1CNC[C@H]1N=[N+]=[N-].Cl. The van der Waals surface area contributed by atoms with E-state index in [0.29, 0.717) is 13.1 Å². The monoisotopic (exact) mass is 226 g/mol. The van der Waals surface area contributed by atoms with Gasteiger partial charge in [0.05, 0.1) is 11.3 Å². The molecule has 0 aromatic heterocycles. The lowest BCUT2D eigenvalue weighted by Crippen LogP contribution is -2.30. The summed E-state index contributed by atoms with van der Waals surface area (Å²) in [7, 11) is -3.10. The molecule has 0 bridgehead atoms. The quantitative estimate of drug-likeness (QED) is 0.411. The van der Waals surface area contributed by atoms with Gasteiger partial charge >= 0.3 is 0 Å². The molecule has 1 rings (SSSR count). The first-order valence-corrected chi connectivity index (χ1v) is 5.45. The van der Waals surface area contributed by atoms with E-state index < -0.39 is 21.1 Å². The van der Waals surface area contributed by atoms with Crippen molar-refractivity contribution in [2.75, 3.05) is 19.3 Å². The van der Waals surface area contributed by atoms with Gasteiger partial charge in [0.25, 0.3) is 0 Å². The summed E-state index contributed by atoms with van der Waals surface area (Å²) >= 11 is 0. The highest BCUT2D eigenvalue weighted by Crippen LogP contribution is 2.12. The fourth-order valence-electron chi connectivity index (χ4n) is 1.26. The predicted octanol–water partition coefficient (Wildman–Crippen LogP) is 0.104. The molecule has 0 aromatic rings. The van der Waals surface area contributed by atoms with Gasteiger partial charge in [-0.2, -0.15) is 0 Å². The Bertz CT molecular complexity index is 310. The number of nitrogens with one attached hydrogen (secondary N) is 1. The highest BCUT2D eigenvalue weighted by molar-refractivity contribution is 7.91. The largest absolute Gasteiger partial charge is 0.315 e. The highest BCUT2D eigenvalue weighted by atomic mass is 35.5. The summed E-state index contributed by atoms with van der Waals surface area (Å²) < 4.78 is 22.2. The fraction of sp³-hybridized carbons (Fsp3) is 1.00. The van der Waals surface area contributed by atoms with Gasteiger partial charge in [0, 0.05) is 24.3 Å². The van der Waals surface area contributed by atoms with Crippen molar-refractivity contribution in [1.82, 2.24) is 5.32 Å². The van der Waals surface area contributed by atoms with E-state index in [1.54, 1.807) is 0 Å². The molecule has 1 aliphatic rings. The molecule has 1 fully saturated rings. The average Bonchev–Trinajstić information content (AvgIpc) is 2.34. The maximum absolute atomic E-state index is 11.1. The molecule has 2 atom stereocenters. The Morgan fingerprint density at radius 2 is 2.15 bits per heavy atom. The standard InChI is InChI=1S/C5H10N4O2S.ClH/c1-12(10,11)5-3-7-2-4(5)8-9-6;/h4-5,7H,2-3H2,1H3;1H/t4-,5-;/m1./s1. The minimum atomic E-state index is -3.10. The number of azide groups is 1. The van der Waals surface area contributed by atoms with Gasteiger partial charge in [0.2, 0.25) is 0 Å². The number of nitrogens with zero attached hydrogens (tertiary/aromatic N) is 3. The molecule has 0 radical (unpaired) electrons. The first kappa shape index (κ1) is 12.5. The van der Waals surface area contributed by atoms with Crippen LogP contribution in [-0.2, 0) is 9.84 Å². The van der Waals surface area contributed by atoms with Crippen LogP contribution in [-0.4, -0.2) is 39.1 Å². The molecule has 6 nitrogen and oxygen atoms in total. The van der Waals surface area contributed by atoms with Gasteiger partial charge in [-0.1, -0.05) is 5.11 Å². The molecule has 1 aliphatic heterocycles. The second-order valence-electron chi connectivity index (χ2n) is 2.80. The van der Waals surface area contributed by atoms with Crippen LogP contribution < -0.4 is 5.32 Å². The summed E-state index contributed by atoms with van der Waals surface area (Å²) in [5.41, 5.74) is 8.15. The van der Waals surface area contributed by atoms with Gasteiger partial charge in [-0.05, 0) is 5.53 Å². The third-order valence-corrected chi connectivity index (χ3v) is 3.46. The zero-order chi connectivity index (χ0) is 9.19. The third kappa shape index (κ3) is 3.04. The zero-order valence-corrected chi connectivity index (χ0v) is 8.68. The second kappa shape index (κ2) is 4.66. The van der Waals surface area contributed by atoms with E-state index in [4.69, 9.17) is 5.53 Å². The van der Waals surface area contributed by atoms with E-state index in [-0.39, 0.29) is 12.4 Å². The normalized spacial score (nSPS) is 27.5. The van der Waals surface area contributed by atoms with Crippen LogP contribution in [0.4, 0.5) is 0 Å². The van der Waals surface area contributed by atoms with Crippen LogP contribution in [0.1, 0.15) is 0 Å². The van der Waals surface area contributed by atoms with Crippen LogP contribution in [0.3, 0.4) is 0 Å². The van der Waals surface area contributed by atoms with E-state index >= 15 is 0 Å². The van der Waals surface area contributed by atoms with Crippen molar-refractivity contribution in [2.24, 2.45) is 5.11 Å². The Morgan fingerprint density at radius 1 is 1.54 bits per heavy atom. The van der Waals surface area contributed by atoms with Crippen LogP contribution in [0.5, 0.6) is 0 Å². The highest BCUT2D eigenvalue weighted by Gasteiger charge is 2.33. The number of sulfone groups is 1. The van der Waals surface area contributed by atoms with Crippen LogP contribution in [0.15, 0.2) is 5.11 Å². The molecule has 8 heteroatoms. The third-order valence-electron chi connectivity index (χ3n) is 1.88. The zero-order valence-electron chi connectivity index (χ0n) is 7.04. The summed E-state index contributed by atoms with van der Waals surface area (Å²) in [6.07, 6.45) is 1.16. The molecule has 0 amide bonds. The van der Waals surface area contributed by atoms with E-state index in [2.05, 4.69) is 15.3 Å². The van der Waals surface area contributed by atoms with Crippen LogP contribution in [0.2, 0.25) is 0 Å². The van der Waals surface area contributed by atoms with Gasteiger partial charge in [0.1, 0.15) is 0 Å². The molecule has 1 N–H and O–H groups in total. The van der Waals surface area contributed by atoms with Crippen LogP contribution in [0, 0.1) is 0 Å². The molecule has 0 aromatic carbocycles. The van der Waals surface area contributed by atoms with Gasteiger partial charge in [0.15, 0.2) is 9.84 Å². The number of hydrogen-bond acceptors (Lipinski definition) is 4. The minimum absolute atomic E-state index is 0.